The summed E-state index contributed by atoms with van der Waals surface area (Å²) in [5.41, 5.74) is 1.93. The molecule has 0 saturated heterocycles. The van der Waals surface area contributed by atoms with Gasteiger partial charge in [0.1, 0.15) is 5.75 Å². The molecule has 7 heteroatoms. The highest BCUT2D eigenvalue weighted by Crippen LogP contribution is 2.22. The van der Waals surface area contributed by atoms with Crippen molar-refractivity contribution in [2.75, 3.05) is 13.5 Å². The Morgan fingerprint density at radius 1 is 1.35 bits per heavy atom. The molecule has 0 saturated carbocycles. The zero-order valence-corrected chi connectivity index (χ0v) is 10.4. The van der Waals surface area contributed by atoms with Crippen molar-refractivity contribution in [1.29, 1.82) is 0 Å². The second kappa shape index (κ2) is 7.15. The monoisotopic (exact) mass is 283 g/mol. The van der Waals surface area contributed by atoms with Crippen molar-refractivity contribution in [3.8, 4) is 5.75 Å². The summed E-state index contributed by atoms with van der Waals surface area (Å²) < 4.78 is 21.1. The molecule has 2 rings (SSSR count). The average molecular weight is 283 g/mol. The largest absolute Gasteiger partial charge is 0.508 e. The van der Waals surface area contributed by atoms with Gasteiger partial charge >= 0.3 is 11.9 Å². The van der Waals surface area contributed by atoms with Gasteiger partial charge in [0.2, 0.25) is 0 Å². The molecule has 1 heterocycles. The minimum absolute atomic E-state index is 0.210. The first-order valence-corrected chi connectivity index (χ1v) is 5.60. The molecule has 0 radical (unpaired) electrons. The van der Waals surface area contributed by atoms with Gasteiger partial charge in [-0.25, -0.2) is 9.59 Å². The van der Waals surface area contributed by atoms with E-state index in [1.165, 1.54) is 0 Å². The van der Waals surface area contributed by atoms with Crippen LogP contribution < -0.4 is 5.32 Å². The van der Waals surface area contributed by atoms with Crippen LogP contribution in [0.5, 0.6) is 5.75 Å². The van der Waals surface area contributed by atoms with Crippen molar-refractivity contribution in [1.82, 2.24) is 10.3 Å². The number of hydrogen-bond donors (Lipinski definition) is 5. The molecule has 2 aromatic rings. The summed E-state index contributed by atoms with van der Waals surface area (Å²) in [4.78, 5) is 21.3. The number of nitrogens with one attached hydrogen (secondary N) is 2. The molecule has 0 atom stereocenters. The Morgan fingerprint density at radius 2 is 2.05 bits per heavy atom. The lowest BCUT2D eigenvalue weighted by molar-refractivity contribution is -0.159. The lowest BCUT2D eigenvalue weighted by Gasteiger charge is -1.98. The predicted molar refractivity (Wildman–Crippen MR) is 72.9 cm³/mol. The maximum absolute atomic E-state index is 9.41. The van der Waals surface area contributed by atoms with Gasteiger partial charge in [-0.2, -0.15) is 0 Å². The molecule has 0 unspecified atom stereocenters. The number of aromatic amines is 1. The van der Waals surface area contributed by atoms with Gasteiger partial charge in [0.05, 0.1) is 0 Å². The quantitative estimate of drug-likeness (QED) is 0.531. The zero-order valence-electron chi connectivity index (χ0n) is 13.4. The number of likely N-dealkylation sites (N-methyl/N-ethyl adjacent to an activating group) is 1. The molecular formula is C13H16N2O5. The maximum Gasteiger partial charge on any atom is 0.414 e. The summed E-state index contributed by atoms with van der Waals surface area (Å²) in [5, 5.41) is 27.6. The van der Waals surface area contributed by atoms with Crippen LogP contribution >= 0.6 is 0 Å². The summed E-state index contributed by atoms with van der Waals surface area (Å²) in [5.74, 6) is -3.44. The van der Waals surface area contributed by atoms with Crippen LogP contribution in [-0.4, -0.2) is 45.8 Å². The first-order valence-electron chi connectivity index (χ1n) is 7.10. The van der Waals surface area contributed by atoms with Gasteiger partial charge in [-0.1, -0.05) is 0 Å². The van der Waals surface area contributed by atoms with E-state index < -0.39 is 18.9 Å². The summed E-state index contributed by atoms with van der Waals surface area (Å²) in [7, 11) is 0. The molecule has 1 aromatic heterocycles. The Morgan fingerprint density at radius 3 is 2.65 bits per heavy atom. The number of carbonyl (C=O) groups is 2. The molecule has 1 aromatic carbocycles. The molecule has 0 aliphatic heterocycles. The number of aromatic nitrogens is 1. The Labute approximate surface area is 119 Å². The number of carboxylic acids is 2. The summed E-state index contributed by atoms with van der Waals surface area (Å²) in [6.45, 7) is -1.73. The number of phenols is 1. The lowest BCUT2D eigenvalue weighted by Crippen LogP contribution is -2.09. The molecule has 0 fully saturated rings. The number of aliphatic carboxylic acids is 2. The fraction of sp³-hybridized carbons (Fsp3) is 0.231. The smallest absolute Gasteiger partial charge is 0.414 e. The van der Waals surface area contributed by atoms with E-state index in [9.17, 15) is 5.11 Å². The average Bonchev–Trinajstić information content (AvgIpc) is 2.80. The number of carboxylic acid groups (broad SMARTS) is 2. The van der Waals surface area contributed by atoms with Crippen LogP contribution in [0, 0.1) is 0 Å². The minimum atomic E-state index is -2.10. The van der Waals surface area contributed by atoms with Crippen molar-refractivity contribution >= 4 is 22.8 Å². The lowest BCUT2D eigenvalue weighted by atomic mass is 10.1. The molecule has 0 amide bonds. The Bertz CT molecular complexity index is 684. The van der Waals surface area contributed by atoms with E-state index in [2.05, 4.69) is 10.3 Å². The topological polar surface area (TPSA) is 123 Å². The molecule has 5 N–H and O–H groups in total. The van der Waals surface area contributed by atoms with Crippen LogP contribution in [0.2, 0.25) is 0 Å². The van der Waals surface area contributed by atoms with Gasteiger partial charge < -0.3 is 25.6 Å². The number of phenolic OH excluding ortho intramolecular Hbond substituents is 1. The molecule has 7 nitrogen and oxygen atoms in total. The Balaban J connectivity index is 0.000000379. The second-order valence-electron chi connectivity index (χ2n) is 3.83. The van der Waals surface area contributed by atoms with Crippen molar-refractivity contribution in [2.45, 2.75) is 6.42 Å². The van der Waals surface area contributed by atoms with Gasteiger partial charge in [-0.15, -0.1) is 0 Å². The first-order chi connectivity index (χ1) is 10.6. The highest BCUT2D eigenvalue weighted by molar-refractivity contribution is 6.27. The molecule has 20 heavy (non-hydrogen) atoms. The van der Waals surface area contributed by atoms with Gasteiger partial charge in [-0.3, -0.25) is 0 Å². The second-order valence-corrected chi connectivity index (χ2v) is 3.83. The standard InChI is InChI=1S/C11H14N2O.C2H2O4/c1-12-5-4-8-7-13-11-3-2-9(14)6-10(8)11;3-1(4)2(5)6/h2-3,6-7,12-14H,4-5H2,1H3;(H,3,4)(H,5,6)/i1D3;. The van der Waals surface area contributed by atoms with E-state index in [0.29, 0.717) is 13.0 Å². The maximum atomic E-state index is 9.41. The van der Waals surface area contributed by atoms with Crippen LogP contribution in [0.25, 0.3) is 10.9 Å². The van der Waals surface area contributed by atoms with E-state index in [-0.39, 0.29) is 5.75 Å². The van der Waals surface area contributed by atoms with Crippen LogP contribution in [0.1, 0.15) is 9.68 Å². The van der Waals surface area contributed by atoms with Gasteiger partial charge in [0.25, 0.3) is 0 Å². The van der Waals surface area contributed by atoms with E-state index in [1.54, 1.807) is 18.2 Å². The highest BCUT2D eigenvalue weighted by Gasteiger charge is 2.04. The SMILES string of the molecule is O=C(O)C(=O)O.[2H]C([2H])([2H])NCCc1c[nH]c2ccc(O)cc12. The molecule has 0 aliphatic carbocycles. The third-order valence-corrected chi connectivity index (χ3v) is 2.45. The Kier molecular flexibility index (Phi) is 4.04. The summed E-state index contributed by atoms with van der Waals surface area (Å²) in [6, 6.07) is 5.09. The first kappa shape index (κ1) is 11.3. The molecule has 0 spiro atoms. The number of aromatic hydroxyl groups is 1. The highest BCUT2D eigenvalue weighted by atomic mass is 16.4. The van der Waals surface area contributed by atoms with Crippen LogP contribution in [0.3, 0.4) is 0 Å². The van der Waals surface area contributed by atoms with E-state index in [0.717, 1.165) is 16.5 Å². The Hall–Kier alpha value is -2.54. The number of H-pyrrole nitrogens is 1. The van der Waals surface area contributed by atoms with E-state index >= 15 is 0 Å². The third kappa shape index (κ3) is 4.29. The van der Waals surface area contributed by atoms with Crippen LogP contribution in [-0.2, 0) is 16.0 Å². The molecule has 108 valence electrons. The fourth-order valence-electron chi connectivity index (χ4n) is 1.57. The van der Waals surface area contributed by atoms with Crippen molar-refractivity contribution in [2.24, 2.45) is 0 Å². The van der Waals surface area contributed by atoms with Crippen LogP contribution in [0.15, 0.2) is 24.4 Å². The number of rotatable bonds is 3. The number of hydrogen-bond acceptors (Lipinski definition) is 4. The normalized spacial score (nSPS) is 12.7. The van der Waals surface area contributed by atoms with Gasteiger partial charge in [0, 0.05) is 21.2 Å². The van der Waals surface area contributed by atoms with Gasteiger partial charge in [0.15, 0.2) is 0 Å². The van der Waals surface area contributed by atoms with Gasteiger partial charge in [-0.05, 0) is 43.7 Å². The van der Waals surface area contributed by atoms with Crippen molar-refractivity contribution < 1.29 is 29.0 Å². The third-order valence-electron chi connectivity index (χ3n) is 2.45. The zero-order chi connectivity index (χ0) is 17.6. The number of benzene rings is 1. The van der Waals surface area contributed by atoms with Crippen LogP contribution in [0.4, 0.5) is 0 Å². The van der Waals surface area contributed by atoms with E-state index in [1.807, 2.05) is 6.20 Å². The molecule has 0 bridgehead atoms. The minimum Gasteiger partial charge on any atom is -0.508 e. The van der Waals surface area contributed by atoms with Crippen molar-refractivity contribution in [3.05, 3.63) is 30.0 Å². The van der Waals surface area contributed by atoms with Crippen molar-refractivity contribution in [3.63, 3.8) is 0 Å². The molecule has 0 aliphatic rings. The van der Waals surface area contributed by atoms with E-state index in [4.69, 9.17) is 23.9 Å². The molecular weight excluding hydrogens is 264 g/mol. The fourth-order valence-corrected chi connectivity index (χ4v) is 1.57. The predicted octanol–water partition coefficient (Wildman–Crippen LogP) is 0.791. The summed E-state index contributed by atoms with van der Waals surface area (Å²) in [6.07, 6.45) is 2.44. The number of fused-ring (bicyclic) bond motifs is 1. The summed E-state index contributed by atoms with van der Waals surface area (Å²) >= 11 is 0.